The number of carbonyl (C=O) groups excluding carboxylic acids is 1. The lowest BCUT2D eigenvalue weighted by atomic mass is 10.1. The van der Waals surface area contributed by atoms with Crippen molar-refractivity contribution in [2.75, 3.05) is 12.4 Å². The van der Waals surface area contributed by atoms with Crippen molar-refractivity contribution in [3.05, 3.63) is 22.2 Å². The molecular formula is C9H8BrNO2. The standard InChI is InChI=1S/C9H8BrNO2/c1-13-9-5-4-8(12)11-7(5)3-2-6(9)10/h2-3H,4H2,1H3,(H,11,12). The molecule has 68 valence electrons. The molecule has 0 saturated heterocycles. The van der Waals surface area contributed by atoms with Gasteiger partial charge in [-0.25, -0.2) is 0 Å². The van der Waals surface area contributed by atoms with Crippen molar-refractivity contribution in [2.24, 2.45) is 0 Å². The Morgan fingerprint density at radius 1 is 1.54 bits per heavy atom. The minimum absolute atomic E-state index is 0.0198. The highest BCUT2D eigenvalue weighted by atomic mass is 79.9. The lowest BCUT2D eigenvalue weighted by molar-refractivity contribution is -0.115. The Morgan fingerprint density at radius 2 is 2.31 bits per heavy atom. The second-order valence-corrected chi connectivity index (χ2v) is 3.69. The fourth-order valence-electron chi connectivity index (χ4n) is 1.47. The summed E-state index contributed by atoms with van der Waals surface area (Å²) in [6.45, 7) is 0. The zero-order valence-corrected chi connectivity index (χ0v) is 8.64. The van der Waals surface area contributed by atoms with Crippen LogP contribution >= 0.6 is 15.9 Å². The van der Waals surface area contributed by atoms with Crippen LogP contribution in [-0.4, -0.2) is 13.0 Å². The van der Waals surface area contributed by atoms with E-state index < -0.39 is 0 Å². The van der Waals surface area contributed by atoms with Gasteiger partial charge in [0, 0.05) is 11.3 Å². The van der Waals surface area contributed by atoms with Crippen molar-refractivity contribution in [2.45, 2.75) is 6.42 Å². The predicted molar refractivity (Wildman–Crippen MR) is 53.0 cm³/mol. The van der Waals surface area contributed by atoms with Gasteiger partial charge in [0.25, 0.3) is 0 Å². The molecule has 0 spiro atoms. The number of fused-ring (bicyclic) bond motifs is 1. The predicted octanol–water partition coefficient (Wildman–Crippen LogP) is 1.95. The van der Waals surface area contributed by atoms with Gasteiger partial charge in [-0.1, -0.05) is 0 Å². The molecule has 0 aliphatic carbocycles. The van der Waals surface area contributed by atoms with Gasteiger partial charge in [0.1, 0.15) is 5.75 Å². The molecule has 1 heterocycles. The summed E-state index contributed by atoms with van der Waals surface area (Å²) in [6, 6.07) is 3.73. The van der Waals surface area contributed by atoms with E-state index in [0.29, 0.717) is 6.42 Å². The summed E-state index contributed by atoms with van der Waals surface area (Å²) < 4.78 is 6.08. The van der Waals surface area contributed by atoms with E-state index >= 15 is 0 Å². The van der Waals surface area contributed by atoms with Crippen molar-refractivity contribution in [1.29, 1.82) is 0 Å². The van der Waals surface area contributed by atoms with E-state index in [-0.39, 0.29) is 5.91 Å². The maximum Gasteiger partial charge on any atom is 0.229 e. The Labute approximate surface area is 84.2 Å². The first-order valence-electron chi connectivity index (χ1n) is 3.87. The van der Waals surface area contributed by atoms with Gasteiger partial charge in [-0.15, -0.1) is 0 Å². The summed E-state index contributed by atoms with van der Waals surface area (Å²) in [7, 11) is 1.60. The second kappa shape index (κ2) is 3.03. The summed E-state index contributed by atoms with van der Waals surface area (Å²) in [5, 5.41) is 2.76. The van der Waals surface area contributed by atoms with Crippen LogP contribution in [0.15, 0.2) is 16.6 Å². The molecule has 1 aromatic carbocycles. The number of anilines is 1. The highest BCUT2D eigenvalue weighted by Gasteiger charge is 2.22. The van der Waals surface area contributed by atoms with E-state index in [1.807, 2.05) is 12.1 Å². The fourth-order valence-corrected chi connectivity index (χ4v) is 2.00. The number of benzene rings is 1. The third-order valence-corrected chi connectivity index (χ3v) is 2.65. The Bertz CT molecular complexity index is 376. The van der Waals surface area contributed by atoms with Gasteiger partial charge < -0.3 is 10.1 Å². The lowest BCUT2D eigenvalue weighted by Crippen LogP contribution is -2.03. The molecule has 1 amide bonds. The molecule has 0 radical (unpaired) electrons. The molecule has 4 heteroatoms. The first-order valence-corrected chi connectivity index (χ1v) is 4.67. The SMILES string of the molecule is COc1c(Br)ccc2c1CC(=O)N2. The van der Waals surface area contributed by atoms with Crippen molar-refractivity contribution in [1.82, 2.24) is 0 Å². The monoisotopic (exact) mass is 241 g/mol. The summed E-state index contributed by atoms with van der Waals surface area (Å²) in [4.78, 5) is 11.1. The van der Waals surface area contributed by atoms with Crippen LogP contribution in [0.3, 0.4) is 0 Å². The van der Waals surface area contributed by atoms with Crippen molar-refractivity contribution < 1.29 is 9.53 Å². The topological polar surface area (TPSA) is 38.3 Å². The fraction of sp³-hybridized carbons (Fsp3) is 0.222. The number of halogens is 1. The van der Waals surface area contributed by atoms with Gasteiger partial charge in [-0.05, 0) is 28.1 Å². The molecule has 1 N–H and O–H groups in total. The summed E-state index contributed by atoms with van der Waals surface area (Å²) in [6.07, 6.45) is 0.401. The molecular weight excluding hydrogens is 234 g/mol. The highest BCUT2D eigenvalue weighted by Crippen LogP contribution is 2.37. The molecule has 1 aliphatic rings. The van der Waals surface area contributed by atoms with E-state index in [9.17, 15) is 4.79 Å². The van der Waals surface area contributed by atoms with E-state index in [1.165, 1.54) is 0 Å². The molecule has 2 rings (SSSR count). The van der Waals surface area contributed by atoms with E-state index in [2.05, 4.69) is 21.2 Å². The zero-order valence-electron chi connectivity index (χ0n) is 7.06. The Morgan fingerprint density at radius 3 is 3.00 bits per heavy atom. The van der Waals surface area contributed by atoms with Gasteiger partial charge in [0.2, 0.25) is 5.91 Å². The third-order valence-electron chi connectivity index (χ3n) is 2.03. The van der Waals surface area contributed by atoms with Crippen LogP contribution in [0.2, 0.25) is 0 Å². The number of rotatable bonds is 1. The molecule has 0 atom stereocenters. The quantitative estimate of drug-likeness (QED) is 0.817. The van der Waals surface area contributed by atoms with Crippen LogP contribution < -0.4 is 10.1 Å². The molecule has 0 bridgehead atoms. The minimum Gasteiger partial charge on any atom is -0.495 e. The van der Waals surface area contributed by atoms with Gasteiger partial charge in [0.15, 0.2) is 0 Å². The first kappa shape index (κ1) is 8.56. The average Bonchev–Trinajstić information content (AvgIpc) is 2.45. The van der Waals surface area contributed by atoms with Gasteiger partial charge in [0.05, 0.1) is 18.0 Å². The normalized spacial score (nSPS) is 13.8. The van der Waals surface area contributed by atoms with E-state index in [1.54, 1.807) is 7.11 Å². The zero-order chi connectivity index (χ0) is 9.42. The van der Waals surface area contributed by atoms with Gasteiger partial charge in [-0.3, -0.25) is 4.79 Å². The minimum atomic E-state index is 0.0198. The van der Waals surface area contributed by atoms with Crippen LogP contribution in [0.5, 0.6) is 5.75 Å². The summed E-state index contributed by atoms with van der Waals surface area (Å²) in [5.74, 6) is 0.766. The number of carbonyl (C=O) groups is 1. The van der Waals surface area contributed by atoms with Crippen LogP contribution in [-0.2, 0) is 11.2 Å². The first-order chi connectivity index (χ1) is 6.22. The maximum absolute atomic E-state index is 11.1. The Hall–Kier alpha value is -1.03. The van der Waals surface area contributed by atoms with Gasteiger partial charge in [-0.2, -0.15) is 0 Å². The summed E-state index contributed by atoms with van der Waals surface area (Å²) in [5.41, 5.74) is 1.78. The van der Waals surface area contributed by atoms with Crippen LogP contribution in [0.1, 0.15) is 5.56 Å². The number of ether oxygens (including phenoxy) is 1. The van der Waals surface area contributed by atoms with Crippen molar-refractivity contribution in [3.8, 4) is 5.75 Å². The highest BCUT2D eigenvalue weighted by molar-refractivity contribution is 9.10. The number of methoxy groups -OCH3 is 1. The molecule has 0 fully saturated rings. The Kier molecular flexibility index (Phi) is 2.00. The molecule has 3 nitrogen and oxygen atoms in total. The van der Waals surface area contributed by atoms with Crippen LogP contribution in [0, 0.1) is 0 Å². The molecule has 0 saturated carbocycles. The molecule has 1 aromatic rings. The van der Waals surface area contributed by atoms with Crippen molar-refractivity contribution in [3.63, 3.8) is 0 Å². The average molecular weight is 242 g/mol. The Balaban J connectivity index is 2.58. The molecule has 1 aliphatic heterocycles. The lowest BCUT2D eigenvalue weighted by Gasteiger charge is -2.07. The van der Waals surface area contributed by atoms with E-state index in [0.717, 1.165) is 21.5 Å². The van der Waals surface area contributed by atoms with Gasteiger partial charge >= 0.3 is 0 Å². The number of hydrogen-bond acceptors (Lipinski definition) is 2. The smallest absolute Gasteiger partial charge is 0.229 e. The maximum atomic E-state index is 11.1. The number of nitrogens with one attached hydrogen (secondary N) is 1. The largest absolute Gasteiger partial charge is 0.495 e. The van der Waals surface area contributed by atoms with E-state index in [4.69, 9.17) is 4.74 Å². The molecule has 13 heavy (non-hydrogen) atoms. The molecule has 0 aromatic heterocycles. The number of amides is 1. The summed E-state index contributed by atoms with van der Waals surface area (Å²) >= 11 is 3.37. The number of hydrogen-bond donors (Lipinski definition) is 1. The van der Waals surface area contributed by atoms with Crippen LogP contribution in [0.4, 0.5) is 5.69 Å². The molecule has 0 unspecified atom stereocenters. The second-order valence-electron chi connectivity index (χ2n) is 2.83. The van der Waals surface area contributed by atoms with Crippen molar-refractivity contribution >= 4 is 27.5 Å². The third kappa shape index (κ3) is 1.31. The van der Waals surface area contributed by atoms with Crippen LogP contribution in [0.25, 0.3) is 0 Å².